The Morgan fingerprint density at radius 1 is 0.946 bits per heavy atom. The van der Waals surface area contributed by atoms with Crippen LogP contribution in [-0.2, 0) is 19.2 Å². The molecule has 190 valence electrons. The van der Waals surface area contributed by atoms with Crippen molar-refractivity contribution in [3.8, 4) is 5.75 Å². The highest BCUT2D eigenvalue weighted by Gasteiger charge is 2.63. The largest absolute Gasteiger partial charge is 0.507 e. The number of allylic oxidation sites excluding steroid dienone is 4. The molecule has 6 heteroatoms. The van der Waals surface area contributed by atoms with Crippen molar-refractivity contribution in [2.75, 3.05) is 6.54 Å². The Labute approximate surface area is 216 Å². The summed E-state index contributed by atoms with van der Waals surface area (Å²) in [5.74, 6) is -2.52. The minimum absolute atomic E-state index is 0.0396. The lowest BCUT2D eigenvalue weighted by molar-refractivity contribution is -0.143. The molecule has 6 atom stereocenters. The maximum atomic E-state index is 14.1. The first-order valence-electron chi connectivity index (χ1n) is 13.1. The van der Waals surface area contributed by atoms with E-state index in [1.165, 1.54) is 4.90 Å². The molecule has 2 amide bonds. The molecule has 0 unspecified atom stereocenters. The first-order chi connectivity index (χ1) is 17.6. The van der Waals surface area contributed by atoms with Crippen molar-refractivity contribution in [1.82, 2.24) is 4.90 Å². The molecule has 2 aromatic rings. The summed E-state index contributed by atoms with van der Waals surface area (Å²) in [6.45, 7) is 7.50. The molecule has 1 saturated heterocycles. The summed E-state index contributed by atoms with van der Waals surface area (Å²) < 4.78 is 0. The lowest BCUT2D eigenvalue weighted by Crippen LogP contribution is -2.55. The monoisotopic (exact) mass is 497 g/mol. The van der Waals surface area contributed by atoms with Gasteiger partial charge in [0.1, 0.15) is 5.75 Å². The average molecular weight is 498 g/mol. The fourth-order valence-corrected chi connectivity index (χ4v) is 7.86. The van der Waals surface area contributed by atoms with E-state index in [0.29, 0.717) is 35.9 Å². The zero-order valence-corrected chi connectivity index (χ0v) is 21.6. The summed E-state index contributed by atoms with van der Waals surface area (Å²) in [5.41, 5.74) is 1.79. The van der Waals surface area contributed by atoms with Gasteiger partial charge in [0.05, 0.1) is 17.3 Å². The lowest BCUT2D eigenvalue weighted by atomic mass is 9.46. The van der Waals surface area contributed by atoms with Gasteiger partial charge in [-0.2, -0.15) is 0 Å². The van der Waals surface area contributed by atoms with Crippen LogP contribution in [0.2, 0.25) is 0 Å². The normalized spacial score (nSPS) is 33.5. The number of nitrogens with zero attached hydrogens (tertiary/aromatic N) is 1. The number of phenolic OH excluding ortho intramolecular Hbond substituents is 1. The Balaban J connectivity index is 1.63. The number of imide groups is 1. The number of aromatic hydroxyl groups is 1. The van der Waals surface area contributed by atoms with Crippen molar-refractivity contribution in [2.45, 2.75) is 46.5 Å². The Morgan fingerprint density at radius 3 is 2.35 bits per heavy atom. The van der Waals surface area contributed by atoms with Gasteiger partial charge in [0.2, 0.25) is 11.8 Å². The number of ketones is 2. The number of fused-ring (bicyclic) bond motifs is 5. The standard InChI is InChI=1S/C31H31NO5/c1-5-32-29(36)21-11-10-20-22(25(21)30(32)37)14-23-27(34)15(2)16(3)28(35)31(23,4)26(20)19-12-13-24(33)18-9-7-6-8-17(18)19/h6-10,12-13,21-23,25-26,33H,5,11,14H2,1-4H3/t21-,22+,23-,25-,26-,31+/m0/s1. The van der Waals surface area contributed by atoms with Crippen LogP contribution in [0.25, 0.3) is 10.8 Å². The molecule has 37 heavy (non-hydrogen) atoms. The molecular weight excluding hydrogens is 466 g/mol. The number of rotatable bonds is 2. The van der Waals surface area contributed by atoms with E-state index < -0.39 is 29.1 Å². The van der Waals surface area contributed by atoms with Crippen molar-refractivity contribution >= 4 is 34.2 Å². The van der Waals surface area contributed by atoms with Crippen molar-refractivity contribution in [2.24, 2.45) is 29.1 Å². The molecule has 0 radical (unpaired) electrons. The van der Waals surface area contributed by atoms with Crippen LogP contribution < -0.4 is 0 Å². The van der Waals surface area contributed by atoms with Crippen LogP contribution in [0.15, 0.2) is 59.2 Å². The van der Waals surface area contributed by atoms with E-state index >= 15 is 0 Å². The number of hydrogen-bond donors (Lipinski definition) is 1. The van der Waals surface area contributed by atoms with Crippen LogP contribution in [0, 0.1) is 29.1 Å². The first kappa shape index (κ1) is 23.8. The van der Waals surface area contributed by atoms with Gasteiger partial charge in [-0.3, -0.25) is 24.1 Å². The number of likely N-dealkylation sites (tertiary alicyclic amines) is 1. The fourth-order valence-electron chi connectivity index (χ4n) is 7.86. The molecule has 1 N–H and O–H groups in total. The molecule has 6 nitrogen and oxygen atoms in total. The van der Waals surface area contributed by atoms with Gasteiger partial charge in [-0.25, -0.2) is 0 Å². The molecule has 3 aliphatic carbocycles. The summed E-state index contributed by atoms with van der Waals surface area (Å²) in [5, 5.41) is 12.1. The molecule has 6 rings (SSSR count). The smallest absolute Gasteiger partial charge is 0.233 e. The average Bonchev–Trinajstić information content (AvgIpc) is 3.15. The third-order valence-corrected chi connectivity index (χ3v) is 9.82. The second kappa shape index (κ2) is 7.98. The number of Topliss-reactive ketones (excluding diaryl/α,β-unsaturated/α-hetero) is 2. The van der Waals surface area contributed by atoms with Crippen LogP contribution in [0.4, 0.5) is 0 Å². The van der Waals surface area contributed by atoms with Gasteiger partial charge in [-0.05, 0) is 67.7 Å². The minimum Gasteiger partial charge on any atom is -0.507 e. The number of hydrogen-bond acceptors (Lipinski definition) is 5. The zero-order valence-electron chi connectivity index (χ0n) is 21.6. The predicted octanol–water partition coefficient (Wildman–Crippen LogP) is 4.71. The van der Waals surface area contributed by atoms with Gasteiger partial charge in [0.25, 0.3) is 0 Å². The van der Waals surface area contributed by atoms with Crippen molar-refractivity contribution in [3.63, 3.8) is 0 Å². The molecule has 1 heterocycles. The summed E-state index contributed by atoms with van der Waals surface area (Å²) in [7, 11) is 0. The van der Waals surface area contributed by atoms with E-state index in [1.807, 2.05) is 44.2 Å². The van der Waals surface area contributed by atoms with E-state index in [2.05, 4.69) is 6.08 Å². The van der Waals surface area contributed by atoms with E-state index in [9.17, 15) is 24.3 Å². The Morgan fingerprint density at radius 2 is 1.65 bits per heavy atom. The molecule has 1 aliphatic heterocycles. The van der Waals surface area contributed by atoms with Gasteiger partial charge in [-0.15, -0.1) is 0 Å². The number of carbonyl (C=O) groups excluding carboxylic acids is 4. The molecule has 4 aliphatic rings. The summed E-state index contributed by atoms with van der Waals surface area (Å²) >= 11 is 0. The van der Waals surface area contributed by atoms with Crippen LogP contribution in [0.1, 0.15) is 52.0 Å². The molecular formula is C31H31NO5. The second-order valence-electron chi connectivity index (χ2n) is 11.3. The third-order valence-electron chi connectivity index (χ3n) is 9.82. The SMILES string of the molecule is CCN1C(=O)[C@H]2[C@H](CC=C3[C@H]2C[C@H]2C(=O)C(C)=C(C)C(=O)[C@@]2(C)[C@H]3c2ccc(O)c3ccccc23)C1=O. The van der Waals surface area contributed by atoms with Gasteiger partial charge >= 0.3 is 0 Å². The number of phenols is 1. The van der Waals surface area contributed by atoms with Crippen molar-refractivity contribution in [3.05, 3.63) is 64.8 Å². The molecule has 0 bridgehead atoms. The van der Waals surface area contributed by atoms with Crippen LogP contribution in [-0.4, -0.2) is 39.9 Å². The molecule has 1 saturated carbocycles. The Kier molecular flexibility index (Phi) is 5.14. The van der Waals surface area contributed by atoms with E-state index in [0.717, 1.165) is 16.5 Å². The number of amides is 2. The lowest BCUT2D eigenvalue weighted by Gasteiger charge is -2.54. The second-order valence-corrected chi connectivity index (χ2v) is 11.3. The summed E-state index contributed by atoms with van der Waals surface area (Å²) in [6, 6.07) is 11.1. The van der Waals surface area contributed by atoms with Crippen LogP contribution >= 0.6 is 0 Å². The van der Waals surface area contributed by atoms with Crippen molar-refractivity contribution < 1.29 is 24.3 Å². The Bertz CT molecular complexity index is 1480. The van der Waals surface area contributed by atoms with Gasteiger partial charge in [0.15, 0.2) is 11.6 Å². The molecule has 0 spiro atoms. The predicted molar refractivity (Wildman–Crippen MR) is 139 cm³/mol. The van der Waals surface area contributed by atoms with Crippen LogP contribution in [0.5, 0.6) is 5.75 Å². The molecule has 0 aromatic heterocycles. The Hall–Kier alpha value is -3.54. The maximum Gasteiger partial charge on any atom is 0.233 e. The van der Waals surface area contributed by atoms with E-state index in [1.54, 1.807) is 19.9 Å². The summed E-state index contributed by atoms with van der Waals surface area (Å²) in [6.07, 6.45) is 2.89. The fraction of sp³-hybridized carbons (Fsp3) is 0.419. The quantitative estimate of drug-likeness (QED) is 0.479. The minimum atomic E-state index is -1.04. The number of carbonyl (C=O) groups is 4. The summed E-state index contributed by atoms with van der Waals surface area (Å²) in [4.78, 5) is 55.9. The van der Waals surface area contributed by atoms with E-state index in [-0.39, 0.29) is 35.0 Å². The topological polar surface area (TPSA) is 91.8 Å². The van der Waals surface area contributed by atoms with Gasteiger partial charge in [0, 0.05) is 23.8 Å². The molecule has 2 fully saturated rings. The molecule has 2 aromatic carbocycles. The van der Waals surface area contributed by atoms with E-state index in [4.69, 9.17) is 0 Å². The highest BCUT2D eigenvalue weighted by molar-refractivity contribution is 6.16. The number of benzene rings is 2. The highest BCUT2D eigenvalue weighted by Crippen LogP contribution is 2.63. The zero-order chi connectivity index (χ0) is 26.4. The maximum absolute atomic E-state index is 14.1. The highest BCUT2D eigenvalue weighted by atomic mass is 16.3. The third kappa shape index (κ3) is 2.93. The van der Waals surface area contributed by atoms with Gasteiger partial charge < -0.3 is 5.11 Å². The first-order valence-corrected chi connectivity index (χ1v) is 13.1. The van der Waals surface area contributed by atoms with Crippen molar-refractivity contribution in [1.29, 1.82) is 0 Å². The van der Waals surface area contributed by atoms with Gasteiger partial charge in [-0.1, -0.05) is 48.9 Å². The van der Waals surface area contributed by atoms with Crippen LogP contribution in [0.3, 0.4) is 0 Å².